The molecule has 5 nitrogen and oxygen atoms in total. The van der Waals surface area contributed by atoms with Crippen LogP contribution in [0.2, 0.25) is 0 Å². The number of carbonyl (C=O) groups excluding carboxylic acids is 1. The highest BCUT2D eigenvalue weighted by molar-refractivity contribution is 7.91. The SMILES string of the molecule is CC(c1ccccc1O)N(C)C(=O)CC1CCS(=O)(=O)C1. The topological polar surface area (TPSA) is 74.7 Å². The minimum absolute atomic E-state index is 0.0819. The van der Waals surface area contributed by atoms with Gasteiger partial charge in [0.25, 0.3) is 0 Å². The summed E-state index contributed by atoms with van der Waals surface area (Å²) in [4.78, 5) is 13.9. The van der Waals surface area contributed by atoms with Gasteiger partial charge in [0.1, 0.15) is 5.75 Å². The van der Waals surface area contributed by atoms with Crippen LogP contribution in [0.4, 0.5) is 0 Å². The second-order valence-electron chi connectivity index (χ2n) is 5.71. The Morgan fingerprint density at radius 2 is 2.10 bits per heavy atom. The van der Waals surface area contributed by atoms with Crippen molar-refractivity contribution in [2.24, 2.45) is 5.92 Å². The highest BCUT2D eigenvalue weighted by Gasteiger charge is 2.31. The minimum Gasteiger partial charge on any atom is -0.508 e. The average molecular weight is 311 g/mol. The smallest absolute Gasteiger partial charge is 0.223 e. The molecule has 0 bridgehead atoms. The zero-order chi connectivity index (χ0) is 15.6. The molecule has 2 atom stereocenters. The zero-order valence-corrected chi connectivity index (χ0v) is 13.1. The van der Waals surface area contributed by atoms with Crippen LogP contribution in [-0.2, 0) is 14.6 Å². The van der Waals surface area contributed by atoms with E-state index in [-0.39, 0.29) is 41.5 Å². The van der Waals surface area contributed by atoms with Gasteiger partial charge in [-0.05, 0) is 25.3 Å². The van der Waals surface area contributed by atoms with E-state index in [0.29, 0.717) is 12.0 Å². The lowest BCUT2D eigenvalue weighted by atomic mass is 10.0. The molecular formula is C15H21NO4S. The van der Waals surface area contributed by atoms with Crippen molar-refractivity contribution >= 4 is 15.7 Å². The van der Waals surface area contributed by atoms with Gasteiger partial charge < -0.3 is 10.0 Å². The van der Waals surface area contributed by atoms with Crippen LogP contribution < -0.4 is 0 Å². The summed E-state index contributed by atoms with van der Waals surface area (Å²) in [7, 11) is -1.27. The summed E-state index contributed by atoms with van der Waals surface area (Å²) < 4.78 is 22.9. The van der Waals surface area contributed by atoms with Gasteiger partial charge in [0.15, 0.2) is 9.84 Å². The largest absolute Gasteiger partial charge is 0.508 e. The molecule has 116 valence electrons. The molecule has 1 aliphatic rings. The van der Waals surface area contributed by atoms with Crippen LogP contribution in [0.3, 0.4) is 0 Å². The molecule has 0 spiro atoms. The highest BCUT2D eigenvalue weighted by atomic mass is 32.2. The first-order valence-corrected chi connectivity index (χ1v) is 8.86. The Morgan fingerprint density at radius 1 is 1.43 bits per heavy atom. The molecular weight excluding hydrogens is 290 g/mol. The number of phenols is 1. The van der Waals surface area contributed by atoms with Crippen molar-refractivity contribution in [1.29, 1.82) is 0 Å². The van der Waals surface area contributed by atoms with Crippen LogP contribution in [0.5, 0.6) is 5.75 Å². The number of phenolic OH excluding ortho intramolecular Hbond substituents is 1. The number of para-hydroxylation sites is 1. The van der Waals surface area contributed by atoms with Gasteiger partial charge in [-0.25, -0.2) is 8.42 Å². The van der Waals surface area contributed by atoms with Gasteiger partial charge in [0.05, 0.1) is 17.5 Å². The number of amides is 1. The van der Waals surface area contributed by atoms with Crippen LogP contribution in [0.25, 0.3) is 0 Å². The van der Waals surface area contributed by atoms with E-state index >= 15 is 0 Å². The fourth-order valence-electron chi connectivity index (χ4n) is 2.69. The molecule has 2 unspecified atom stereocenters. The Labute approximate surface area is 125 Å². The number of sulfone groups is 1. The number of nitrogens with zero attached hydrogens (tertiary/aromatic N) is 1. The van der Waals surface area contributed by atoms with Crippen molar-refractivity contribution in [2.75, 3.05) is 18.6 Å². The Bertz CT molecular complexity index is 626. The molecule has 0 aromatic heterocycles. The summed E-state index contributed by atoms with van der Waals surface area (Å²) in [5.74, 6) is 0.281. The quantitative estimate of drug-likeness (QED) is 0.919. The van der Waals surface area contributed by atoms with Gasteiger partial charge in [-0.3, -0.25) is 4.79 Å². The first-order valence-electron chi connectivity index (χ1n) is 7.04. The summed E-state index contributed by atoms with van der Waals surface area (Å²) in [6, 6.07) is 6.67. The third-order valence-electron chi connectivity index (χ3n) is 4.15. The minimum atomic E-state index is -2.96. The summed E-state index contributed by atoms with van der Waals surface area (Å²) in [6.07, 6.45) is 0.806. The fourth-order valence-corrected chi connectivity index (χ4v) is 4.55. The number of carbonyl (C=O) groups is 1. The van der Waals surface area contributed by atoms with Crippen molar-refractivity contribution in [3.8, 4) is 5.75 Å². The predicted octanol–water partition coefficient (Wildman–Crippen LogP) is 1.74. The van der Waals surface area contributed by atoms with Crippen LogP contribution in [0.15, 0.2) is 24.3 Å². The van der Waals surface area contributed by atoms with E-state index in [1.165, 1.54) is 0 Å². The van der Waals surface area contributed by atoms with Crippen LogP contribution in [0.1, 0.15) is 31.4 Å². The first kappa shape index (κ1) is 15.8. The molecule has 1 N–H and O–H groups in total. The van der Waals surface area contributed by atoms with Crippen molar-refractivity contribution in [3.05, 3.63) is 29.8 Å². The van der Waals surface area contributed by atoms with Gasteiger partial charge in [-0.1, -0.05) is 18.2 Å². The molecule has 1 amide bonds. The molecule has 21 heavy (non-hydrogen) atoms. The van der Waals surface area contributed by atoms with Crippen LogP contribution in [0, 0.1) is 5.92 Å². The number of benzene rings is 1. The molecule has 1 aromatic rings. The molecule has 0 saturated carbocycles. The Hall–Kier alpha value is -1.56. The number of hydrogen-bond donors (Lipinski definition) is 1. The normalized spacial score (nSPS) is 21.9. The van der Waals surface area contributed by atoms with Gasteiger partial charge in [-0.2, -0.15) is 0 Å². The Morgan fingerprint density at radius 3 is 2.67 bits per heavy atom. The number of hydrogen-bond acceptors (Lipinski definition) is 4. The summed E-state index contributed by atoms with van der Waals surface area (Å²) in [6.45, 7) is 1.85. The summed E-state index contributed by atoms with van der Waals surface area (Å²) >= 11 is 0. The first-order chi connectivity index (χ1) is 9.80. The molecule has 0 radical (unpaired) electrons. The molecule has 2 rings (SSSR count). The van der Waals surface area contributed by atoms with Gasteiger partial charge >= 0.3 is 0 Å². The summed E-state index contributed by atoms with van der Waals surface area (Å²) in [5, 5.41) is 9.85. The monoisotopic (exact) mass is 311 g/mol. The lowest BCUT2D eigenvalue weighted by Gasteiger charge is -2.26. The van der Waals surface area contributed by atoms with Crippen LogP contribution in [-0.4, -0.2) is 42.9 Å². The van der Waals surface area contributed by atoms with Crippen molar-refractivity contribution in [2.45, 2.75) is 25.8 Å². The van der Waals surface area contributed by atoms with Gasteiger partial charge in [0.2, 0.25) is 5.91 Å². The molecule has 1 aliphatic heterocycles. The summed E-state index contributed by atoms with van der Waals surface area (Å²) in [5.41, 5.74) is 0.687. The third-order valence-corrected chi connectivity index (χ3v) is 5.99. The van der Waals surface area contributed by atoms with Crippen molar-refractivity contribution in [3.63, 3.8) is 0 Å². The highest BCUT2D eigenvalue weighted by Crippen LogP contribution is 2.29. The zero-order valence-electron chi connectivity index (χ0n) is 12.3. The standard InChI is InChI=1S/C15H21NO4S/c1-11(13-5-3-4-6-14(13)17)16(2)15(18)9-12-7-8-21(19,20)10-12/h3-6,11-12,17H,7-10H2,1-2H3. The van der Waals surface area contributed by atoms with E-state index < -0.39 is 9.84 Å². The maximum absolute atomic E-state index is 12.3. The van der Waals surface area contributed by atoms with E-state index in [0.717, 1.165) is 0 Å². The Balaban J connectivity index is 2.01. The van der Waals surface area contributed by atoms with Gasteiger partial charge in [-0.15, -0.1) is 0 Å². The molecule has 1 fully saturated rings. The van der Waals surface area contributed by atoms with E-state index in [9.17, 15) is 18.3 Å². The van der Waals surface area contributed by atoms with E-state index in [1.54, 1.807) is 30.1 Å². The molecule has 1 saturated heterocycles. The predicted molar refractivity (Wildman–Crippen MR) is 80.7 cm³/mol. The van der Waals surface area contributed by atoms with Crippen molar-refractivity contribution < 1.29 is 18.3 Å². The average Bonchev–Trinajstić information content (AvgIpc) is 2.76. The molecule has 1 heterocycles. The molecule has 0 aliphatic carbocycles. The van der Waals surface area contributed by atoms with E-state index in [2.05, 4.69) is 0 Å². The maximum atomic E-state index is 12.3. The van der Waals surface area contributed by atoms with E-state index in [1.807, 2.05) is 13.0 Å². The second-order valence-corrected chi connectivity index (χ2v) is 7.94. The van der Waals surface area contributed by atoms with Crippen molar-refractivity contribution in [1.82, 2.24) is 4.90 Å². The number of rotatable bonds is 4. The Kier molecular flexibility index (Phi) is 4.56. The number of aromatic hydroxyl groups is 1. The maximum Gasteiger partial charge on any atom is 0.223 e. The third kappa shape index (κ3) is 3.75. The van der Waals surface area contributed by atoms with Crippen LogP contribution >= 0.6 is 0 Å². The second kappa shape index (κ2) is 6.05. The molecule has 6 heteroatoms. The van der Waals surface area contributed by atoms with Gasteiger partial charge in [0, 0.05) is 19.0 Å². The lowest BCUT2D eigenvalue weighted by Crippen LogP contribution is -2.31. The fraction of sp³-hybridized carbons (Fsp3) is 0.533. The lowest BCUT2D eigenvalue weighted by molar-refractivity contribution is -0.132. The van der Waals surface area contributed by atoms with E-state index in [4.69, 9.17) is 0 Å². The molecule has 1 aromatic carbocycles.